The number of nitrogens with one attached hydrogen (secondary N) is 1. The standard InChI is InChI=1S/C14H17N5/c1-14(2,3)11-10-12(15)16-17-13(10)19(18-11)9-7-5-4-6-8-9/h4-8H,1-3H3,(H3,15,16,17). The highest BCUT2D eigenvalue weighted by molar-refractivity contribution is 5.90. The maximum absolute atomic E-state index is 5.99. The van der Waals surface area contributed by atoms with E-state index in [1.165, 1.54) is 0 Å². The second kappa shape index (κ2) is 3.85. The molecule has 98 valence electrons. The van der Waals surface area contributed by atoms with Gasteiger partial charge < -0.3 is 5.73 Å². The first-order valence-electron chi connectivity index (χ1n) is 6.27. The van der Waals surface area contributed by atoms with Crippen molar-refractivity contribution in [1.29, 1.82) is 0 Å². The molecule has 5 nitrogen and oxygen atoms in total. The Morgan fingerprint density at radius 3 is 2.47 bits per heavy atom. The number of rotatable bonds is 1. The van der Waals surface area contributed by atoms with Gasteiger partial charge in [0.05, 0.1) is 16.8 Å². The van der Waals surface area contributed by atoms with Crippen LogP contribution >= 0.6 is 0 Å². The van der Waals surface area contributed by atoms with Gasteiger partial charge in [-0.05, 0) is 12.1 Å². The van der Waals surface area contributed by atoms with Crippen LogP contribution in [0.2, 0.25) is 0 Å². The van der Waals surface area contributed by atoms with Gasteiger partial charge in [-0.1, -0.05) is 39.0 Å². The number of nitrogens with zero attached hydrogens (tertiary/aromatic N) is 3. The number of para-hydroxylation sites is 1. The van der Waals surface area contributed by atoms with Crippen LogP contribution in [0.3, 0.4) is 0 Å². The van der Waals surface area contributed by atoms with Crippen LogP contribution in [0.25, 0.3) is 16.7 Å². The largest absolute Gasteiger partial charge is 0.383 e. The zero-order chi connectivity index (χ0) is 13.6. The average Bonchev–Trinajstić information content (AvgIpc) is 2.91. The fraction of sp³-hybridized carbons (Fsp3) is 0.286. The molecule has 3 aromatic rings. The molecule has 0 aliphatic heterocycles. The summed E-state index contributed by atoms with van der Waals surface area (Å²) < 4.78 is 1.84. The third kappa shape index (κ3) is 1.78. The van der Waals surface area contributed by atoms with E-state index in [4.69, 9.17) is 10.8 Å². The molecule has 0 atom stereocenters. The average molecular weight is 255 g/mol. The second-order valence-corrected chi connectivity index (χ2v) is 5.68. The lowest BCUT2D eigenvalue weighted by molar-refractivity contribution is 0.564. The Labute approximate surface area is 111 Å². The summed E-state index contributed by atoms with van der Waals surface area (Å²) in [7, 11) is 0. The van der Waals surface area contributed by atoms with Crippen molar-refractivity contribution in [2.75, 3.05) is 5.73 Å². The van der Waals surface area contributed by atoms with Gasteiger partial charge in [-0.2, -0.15) is 10.2 Å². The maximum Gasteiger partial charge on any atom is 0.186 e. The third-order valence-electron chi connectivity index (χ3n) is 3.12. The summed E-state index contributed by atoms with van der Waals surface area (Å²) in [6, 6.07) is 9.95. The Kier molecular flexibility index (Phi) is 2.38. The van der Waals surface area contributed by atoms with Crippen molar-refractivity contribution < 1.29 is 0 Å². The van der Waals surface area contributed by atoms with E-state index in [0.717, 1.165) is 22.4 Å². The molecule has 0 saturated carbocycles. The Morgan fingerprint density at radius 1 is 1.16 bits per heavy atom. The highest BCUT2D eigenvalue weighted by Gasteiger charge is 2.26. The van der Waals surface area contributed by atoms with Crippen LogP contribution in [0.5, 0.6) is 0 Å². The molecular weight excluding hydrogens is 238 g/mol. The van der Waals surface area contributed by atoms with Crippen LogP contribution in [0.1, 0.15) is 26.5 Å². The van der Waals surface area contributed by atoms with Crippen LogP contribution in [0, 0.1) is 0 Å². The van der Waals surface area contributed by atoms with E-state index in [2.05, 4.69) is 31.0 Å². The van der Waals surface area contributed by atoms with Crippen LogP contribution in [0.15, 0.2) is 30.3 Å². The highest BCUT2D eigenvalue weighted by atomic mass is 15.4. The molecule has 1 aromatic carbocycles. The first-order chi connectivity index (χ1) is 8.98. The molecule has 0 aliphatic rings. The van der Waals surface area contributed by atoms with E-state index >= 15 is 0 Å². The van der Waals surface area contributed by atoms with Gasteiger partial charge in [0, 0.05) is 5.41 Å². The number of H-pyrrole nitrogens is 1. The van der Waals surface area contributed by atoms with Crippen molar-refractivity contribution in [2.24, 2.45) is 0 Å². The minimum absolute atomic E-state index is 0.0870. The minimum atomic E-state index is -0.0870. The van der Waals surface area contributed by atoms with Crippen molar-refractivity contribution in [2.45, 2.75) is 26.2 Å². The molecule has 0 aliphatic carbocycles. The Balaban J connectivity index is 2.34. The molecule has 5 heteroatoms. The number of hydrogen-bond donors (Lipinski definition) is 2. The third-order valence-corrected chi connectivity index (χ3v) is 3.12. The molecule has 3 N–H and O–H groups in total. The summed E-state index contributed by atoms with van der Waals surface area (Å²) in [6.07, 6.45) is 0. The molecule has 0 unspecified atom stereocenters. The van der Waals surface area contributed by atoms with Gasteiger partial charge in [0.1, 0.15) is 5.82 Å². The lowest BCUT2D eigenvalue weighted by atomic mass is 9.91. The molecule has 0 bridgehead atoms. The van der Waals surface area contributed by atoms with E-state index in [1.807, 2.05) is 35.0 Å². The van der Waals surface area contributed by atoms with Crippen molar-refractivity contribution in [3.05, 3.63) is 36.0 Å². The maximum atomic E-state index is 5.99. The van der Waals surface area contributed by atoms with Gasteiger partial charge in [0.25, 0.3) is 0 Å². The number of anilines is 1. The normalized spacial score (nSPS) is 12.2. The smallest absolute Gasteiger partial charge is 0.186 e. The zero-order valence-corrected chi connectivity index (χ0v) is 11.3. The summed E-state index contributed by atoms with van der Waals surface area (Å²) in [6.45, 7) is 6.36. The fourth-order valence-electron chi connectivity index (χ4n) is 2.20. The van der Waals surface area contributed by atoms with Gasteiger partial charge in [0.2, 0.25) is 0 Å². The van der Waals surface area contributed by atoms with Crippen LogP contribution < -0.4 is 5.73 Å². The quantitative estimate of drug-likeness (QED) is 0.702. The van der Waals surface area contributed by atoms with Crippen molar-refractivity contribution in [3.8, 4) is 5.69 Å². The van der Waals surface area contributed by atoms with Crippen LogP contribution in [-0.2, 0) is 5.41 Å². The monoisotopic (exact) mass is 255 g/mol. The number of nitrogen functional groups attached to an aromatic ring is 1. The number of hydrogen-bond acceptors (Lipinski definition) is 3. The van der Waals surface area contributed by atoms with Crippen molar-refractivity contribution in [3.63, 3.8) is 0 Å². The van der Waals surface area contributed by atoms with Gasteiger partial charge in [-0.3, -0.25) is 5.10 Å². The van der Waals surface area contributed by atoms with E-state index in [0.29, 0.717) is 5.82 Å². The number of aromatic nitrogens is 4. The topological polar surface area (TPSA) is 72.5 Å². The molecular formula is C14H17N5. The molecule has 3 rings (SSSR count). The lowest BCUT2D eigenvalue weighted by Gasteiger charge is -2.15. The second-order valence-electron chi connectivity index (χ2n) is 5.68. The molecule has 2 aromatic heterocycles. The SMILES string of the molecule is CC(C)(C)c1nn(-c2ccccc2)c2n[nH]c(N)c12. The number of nitrogens with two attached hydrogens (primary N) is 1. The number of benzene rings is 1. The summed E-state index contributed by atoms with van der Waals surface area (Å²) in [5.74, 6) is 0.571. The highest BCUT2D eigenvalue weighted by Crippen LogP contribution is 2.32. The predicted octanol–water partition coefficient (Wildman–Crippen LogP) is 2.63. The van der Waals surface area contributed by atoms with Crippen LogP contribution in [0.4, 0.5) is 5.82 Å². The van der Waals surface area contributed by atoms with Crippen molar-refractivity contribution in [1.82, 2.24) is 20.0 Å². The number of aromatic amines is 1. The molecule has 0 radical (unpaired) electrons. The molecule has 19 heavy (non-hydrogen) atoms. The van der Waals surface area contributed by atoms with Gasteiger partial charge in [-0.15, -0.1) is 0 Å². The molecule has 0 amide bonds. The fourth-order valence-corrected chi connectivity index (χ4v) is 2.20. The Hall–Kier alpha value is -2.30. The summed E-state index contributed by atoms with van der Waals surface area (Å²) in [4.78, 5) is 0. The van der Waals surface area contributed by atoms with Crippen LogP contribution in [-0.4, -0.2) is 20.0 Å². The molecule has 0 saturated heterocycles. The Bertz CT molecular complexity index is 715. The Morgan fingerprint density at radius 2 is 1.84 bits per heavy atom. The van der Waals surface area contributed by atoms with Gasteiger partial charge in [-0.25, -0.2) is 4.68 Å². The summed E-state index contributed by atoms with van der Waals surface area (Å²) in [5, 5.41) is 12.7. The minimum Gasteiger partial charge on any atom is -0.383 e. The zero-order valence-electron chi connectivity index (χ0n) is 11.3. The number of fused-ring (bicyclic) bond motifs is 1. The first-order valence-corrected chi connectivity index (χ1v) is 6.27. The van der Waals surface area contributed by atoms with E-state index in [1.54, 1.807) is 0 Å². The molecule has 0 fully saturated rings. The molecule has 2 heterocycles. The van der Waals surface area contributed by atoms with E-state index in [9.17, 15) is 0 Å². The van der Waals surface area contributed by atoms with Gasteiger partial charge >= 0.3 is 0 Å². The van der Waals surface area contributed by atoms with E-state index < -0.39 is 0 Å². The van der Waals surface area contributed by atoms with E-state index in [-0.39, 0.29) is 5.41 Å². The van der Waals surface area contributed by atoms with Gasteiger partial charge in [0.15, 0.2) is 5.65 Å². The molecule has 0 spiro atoms. The predicted molar refractivity (Wildman–Crippen MR) is 76.3 cm³/mol. The lowest BCUT2D eigenvalue weighted by Crippen LogP contribution is -2.13. The summed E-state index contributed by atoms with van der Waals surface area (Å²) >= 11 is 0. The summed E-state index contributed by atoms with van der Waals surface area (Å²) in [5.41, 5.74) is 8.62. The van der Waals surface area contributed by atoms with Crippen molar-refractivity contribution >= 4 is 16.9 Å². The first kappa shape index (κ1) is 11.8.